The van der Waals surface area contributed by atoms with Gasteiger partial charge in [-0.25, -0.2) is 0 Å². The maximum Gasteiger partial charge on any atom is 0.228 e. The number of benzene rings is 1. The van der Waals surface area contributed by atoms with Gasteiger partial charge in [0.05, 0.1) is 12.5 Å². The zero-order valence-electron chi connectivity index (χ0n) is 12.5. The number of nitrogens with zero attached hydrogens (tertiary/aromatic N) is 2. The lowest BCUT2D eigenvalue weighted by atomic mass is 9.96. The van der Waals surface area contributed by atoms with E-state index in [0.29, 0.717) is 18.5 Å². The molecule has 112 valence electrons. The van der Waals surface area contributed by atoms with Gasteiger partial charge < -0.3 is 14.6 Å². The van der Waals surface area contributed by atoms with Crippen molar-refractivity contribution in [3.63, 3.8) is 0 Å². The highest BCUT2D eigenvalue weighted by Crippen LogP contribution is 2.30. The predicted octanol–water partition coefficient (Wildman–Crippen LogP) is 2.33. The lowest BCUT2D eigenvalue weighted by Gasteiger charge is -2.22. The molecule has 1 aliphatic rings. The third kappa shape index (κ3) is 3.08. The van der Waals surface area contributed by atoms with Crippen LogP contribution in [0.3, 0.4) is 0 Å². The number of para-hydroxylation sites is 1. The highest BCUT2D eigenvalue weighted by atomic mass is 16.5. The fraction of sp³-hybridized carbons (Fsp3) is 0.500. The number of fused-ring (bicyclic) bond motifs is 1. The van der Waals surface area contributed by atoms with E-state index in [0.717, 1.165) is 30.8 Å². The Labute approximate surface area is 124 Å². The molecule has 0 saturated carbocycles. The van der Waals surface area contributed by atoms with E-state index in [1.165, 1.54) is 5.56 Å². The molecule has 1 aromatic carbocycles. The van der Waals surface area contributed by atoms with Crippen LogP contribution in [-0.2, 0) is 12.8 Å². The Morgan fingerprint density at radius 1 is 1.38 bits per heavy atom. The highest BCUT2D eigenvalue weighted by Gasteiger charge is 2.25. The van der Waals surface area contributed by atoms with Crippen molar-refractivity contribution in [2.45, 2.75) is 38.1 Å². The fourth-order valence-electron chi connectivity index (χ4n) is 2.67. The van der Waals surface area contributed by atoms with Crippen molar-refractivity contribution >= 4 is 0 Å². The molecular formula is C16H21N3O2. The molecule has 0 bridgehead atoms. The Bertz CT molecular complexity index is 593. The Hall–Kier alpha value is -1.88. The van der Waals surface area contributed by atoms with Crippen molar-refractivity contribution in [3.05, 3.63) is 41.5 Å². The summed E-state index contributed by atoms with van der Waals surface area (Å²) in [6.45, 7) is 2.75. The summed E-state index contributed by atoms with van der Waals surface area (Å²) in [5.41, 5.74) is 1.21. The lowest BCUT2D eigenvalue weighted by molar-refractivity contribution is 0.253. The van der Waals surface area contributed by atoms with Crippen LogP contribution in [0.25, 0.3) is 0 Å². The monoisotopic (exact) mass is 287 g/mol. The fourth-order valence-corrected chi connectivity index (χ4v) is 2.67. The number of nitrogens with one attached hydrogen (secondary N) is 1. The van der Waals surface area contributed by atoms with Crippen molar-refractivity contribution < 1.29 is 9.26 Å². The van der Waals surface area contributed by atoms with Gasteiger partial charge in [-0.3, -0.25) is 0 Å². The molecule has 1 N–H and O–H groups in total. The Morgan fingerprint density at radius 3 is 3.05 bits per heavy atom. The second kappa shape index (κ2) is 6.26. The summed E-state index contributed by atoms with van der Waals surface area (Å²) in [6, 6.07) is 8.50. The minimum absolute atomic E-state index is 0.173. The van der Waals surface area contributed by atoms with E-state index in [9.17, 15) is 0 Å². The van der Waals surface area contributed by atoms with Gasteiger partial charge in [0.1, 0.15) is 5.75 Å². The highest BCUT2D eigenvalue weighted by molar-refractivity contribution is 5.36. The third-order valence-corrected chi connectivity index (χ3v) is 4.05. The normalized spacial score (nSPS) is 18.9. The Balaban J connectivity index is 1.70. The molecule has 0 fully saturated rings. The van der Waals surface area contributed by atoms with Crippen LogP contribution in [0.5, 0.6) is 5.75 Å². The van der Waals surface area contributed by atoms with Crippen LogP contribution in [0.2, 0.25) is 0 Å². The first-order valence-corrected chi connectivity index (χ1v) is 7.50. The molecule has 2 heterocycles. The molecule has 0 amide bonds. The molecule has 1 aromatic heterocycles. The first-order chi connectivity index (χ1) is 10.3. The van der Waals surface area contributed by atoms with Gasteiger partial charge in [0.2, 0.25) is 5.89 Å². The van der Waals surface area contributed by atoms with Crippen LogP contribution in [-0.4, -0.2) is 29.8 Å². The summed E-state index contributed by atoms with van der Waals surface area (Å²) in [5.74, 6) is 2.60. The van der Waals surface area contributed by atoms with E-state index in [1.807, 2.05) is 25.2 Å². The predicted molar refractivity (Wildman–Crippen MR) is 79.5 cm³/mol. The maximum atomic E-state index is 5.79. The van der Waals surface area contributed by atoms with Crippen molar-refractivity contribution in [2.75, 3.05) is 13.7 Å². The van der Waals surface area contributed by atoms with Crippen LogP contribution in [0, 0.1) is 0 Å². The van der Waals surface area contributed by atoms with E-state index < -0.39 is 0 Å². The Kier molecular flexibility index (Phi) is 4.20. The van der Waals surface area contributed by atoms with Gasteiger partial charge in [0.25, 0.3) is 0 Å². The van der Waals surface area contributed by atoms with Gasteiger partial charge in [-0.05, 0) is 31.5 Å². The molecule has 0 radical (unpaired) electrons. The van der Waals surface area contributed by atoms with Crippen LogP contribution >= 0.6 is 0 Å². The van der Waals surface area contributed by atoms with Gasteiger partial charge in [-0.15, -0.1) is 0 Å². The topological polar surface area (TPSA) is 60.2 Å². The lowest BCUT2D eigenvalue weighted by Crippen LogP contribution is -2.26. The number of ether oxygens (including phenoxy) is 1. The van der Waals surface area contributed by atoms with E-state index >= 15 is 0 Å². The molecule has 0 saturated heterocycles. The summed E-state index contributed by atoms with van der Waals surface area (Å²) < 4.78 is 11.2. The van der Waals surface area contributed by atoms with E-state index in [4.69, 9.17) is 9.26 Å². The second-order valence-corrected chi connectivity index (χ2v) is 5.46. The smallest absolute Gasteiger partial charge is 0.228 e. The number of rotatable bonds is 5. The SMILES string of the molecule is CCC(Cc1nc(C2COc3ccccc3C2)no1)NC. The van der Waals surface area contributed by atoms with E-state index in [-0.39, 0.29) is 5.92 Å². The van der Waals surface area contributed by atoms with Crippen LogP contribution in [0.4, 0.5) is 0 Å². The maximum absolute atomic E-state index is 5.79. The summed E-state index contributed by atoms with van der Waals surface area (Å²) in [4.78, 5) is 4.54. The number of hydrogen-bond donors (Lipinski definition) is 1. The molecule has 0 aliphatic carbocycles. The standard InChI is InChI=1S/C16H21N3O2/c1-3-13(17-2)9-15-18-16(19-21-15)12-8-11-6-4-5-7-14(11)20-10-12/h4-7,12-13,17H,3,8-10H2,1-2H3. The first kappa shape index (κ1) is 14.1. The number of aromatic nitrogens is 2. The van der Waals surface area contributed by atoms with E-state index in [2.05, 4.69) is 28.4 Å². The summed E-state index contributed by atoms with van der Waals surface area (Å²) in [5, 5.41) is 7.39. The van der Waals surface area contributed by atoms with Gasteiger partial charge in [-0.2, -0.15) is 4.98 Å². The number of hydrogen-bond acceptors (Lipinski definition) is 5. The quantitative estimate of drug-likeness (QED) is 0.914. The van der Waals surface area contributed by atoms with Gasteiger partial charge in [0, 0.05) is 12.5 Å². The van der Waals surface area contributed by atoms with Gasteiger partial charge in [0.15, 0.2) is 5.82 Å². The third-order valence-electron chi connectivity index (χ3n) is 4.05. The molecule has 0 spiro atoms. The molecule has 5 heteroatoms. The molecule has 2 unspecified atom stereocenters. The zero-order valence-corrected chi connectivity index (χ0v) is 12.5. The molecule has 1 aliphatic heterocycles. The Morgan fingerprint density at radius 2 is 2.24 bits per heavy atom. The second-order valence-electron chi connectivity index (χ2n) is 5.46. The number of likely N-dealkylation sites (N-methyl/N-ethyl adjacent to an activating group) is 1. The van der Waals surface area contributed by atoms with Crippen molar-refractivity contribution in [3.8, 4) is 5.75 Å². The summed E-state index contributed by atoms with van der Waals surface area (Å²) in [7, 11) is 1.96. The van der Waals surface area contributed by atoms with Gasteiger partial charge >= 0.3 is 0 Å². The molecular weight excluding hydrogens is 266 g/mol. The zero-order chi connectivity index (χ0) is 14.7. The minimum Gasteiger partial charge on any atom is -0.493 e. The average Bonchev–Trinajstić information content (AvgIpc) is 3.00. The molecule has 2 atom stereocenters. The van der Waals surface area contributed by atoms with Crippen LogP contribution in [0.15, 0.2) is 28.8 Å². The summed E-state index contributed by atoms with van der Waals surface area (Å²) >= 11 is 0. The average molecular weight is 287 g/mol. The van der Waals surface area contributed by atoms with Crippen molar-refractivity contribution in [1.29, 1.82) is 0 Å². The van der Waals surface area contributed by atoms with Crippen LogP contribution in [0.1, 0.15) is 36.5 Å². The van der Waals surface area contributed by atoms with E-state index in [1.54, 1.807) is 0 Å². The minimum atomic E-state index is 0.173. The van der Waals surface area contributed by atoms with Gasteiger partial charge in [-0.1, -0.05) is 30.3 Å². The molecule has 21 heavy (non-hydrogen) atoms. The molecule has 3 rings (SSSR count). The van der Waals surface area contributed by atoms with Crippen molar-refractivity contribution in [1.82, 2.24) is 15.5 Å². The largest absolute Gasteiger partial charge is 0.493 e. The van der Waals surface area contributed by atoms with Crippen LogP contribution < -0.4 is 10.1 Å². The molecule has 2 aromatic rings. The first-order valence-electron chi connectivity index (χ1n) is 7.50. The summed E-state index contributed by atoms with van der Waals surface area (Å²) in [6.07, 6.45) is 2.71. The van der Waals surface area contributed by atoms with Crippen molar-refractivity contribution in [2.24, 2.45) is 0 Å². The molecule has 5 nitrogen and oxygen atoms in total.